The van der Waals surface area contributed by atoms with Crippen LogP contribution < -0.4 is 10.1 Å². The molecule has 2 aromatic rings. The number of carbonyl (C=O) groups is 1. The number of aryl methyl sites for hydroxylation is 2. The van der Waals surface area contributed by atoms with Crippen molar-refractivity contribution < 1.29 is 9.53 Å². The van der Waals surface area contributed by atoms with E-state index in [-0.39, 0.29) is 5.78 Å². The molecule has 0 saturated heterocycles. The number of ether oxygens (including phenoxy) is 1. The van der Waals surface area contributed by atoms with Crippen molar-refractivity contribution in [2.24, 2.45) is 0 Å². The van der Waals surface area contributed by atoms with Crippen LogP contribution in [0.15, 0.2) is 42.5 Å². The molecule has 0 saturated carbocycles. The number of fused-ring (bicyclic) bond motifs is 1. The molecule has 2 aromatic carbocycles. The predicted molar refractivity (Wildman–Crippen MR) is 84.0 cm³/mol. The first-order chi connectivity index (χ1) is 10.1. The van der Waals surface area contributed by atoms with Gasteiger partial charge in [-0.05, 0) is 42.7 Å². The summed E-state index contributed by atoms with van der Waals surface area (Å²) >= 11 is 0. The van der Waals surface area contributed by atoms with Crippen LogP contribution in [0.2, 0.25) is 0 Å². The lowest BCUT2D eigenvalue weighted by Crippen LogP contribution is -2.38. The molecule has 0 radical (unpaired) electrons. The number of anilines is 1. The lowest BCUT2D eigenvalue weighted by atomic mass is 10.0. The van der Waals surface area contributed by atoms with Crippen molar-refractivity contribution in [3.05, 3.63) is 59.2 Å². The third kappa shape index (κ3) is 2.92. The van der Waals surface area contributed by atoms with E-state index in [9.17, 15) is 4.79 Å². The maximum Gasteiger partial charge on any atom is 0.179 e. The highest BCUT2D eigenvalue weighted by molar-refractivity contribution is 5.87. The molecule has 1 N–H and O–H groups in total. The van der Waals surface area contributed by atoms with Gasteiger partial charge in [0, 0.05) is 6.42 Å². The highest BCUT2D eigenvalue weighted by atomic mass is 16.5. The minimum atomic E-state index is -0.415. The van der Waals surface area contributed by atoms with Gasteiger partial charge >= 0.3 is 0 Å². The Labute approximate surface area is 124 Å². The largest absolute Gasteiger partial charge is 0.479 e. The molecule has 3 rings (SSSR count). The van der Waals surface area contributed by atoms with Crippen molar-refractivity contribution in [3.8, 4) is 5.75 Å². The molecule has 21 heavy (non-hydrogen) atoms. The summed E-state index contributed by atoms with van der Waals surface area (Å²) in [6.45, 7) is 4.67. The first-order valence-corrected chi connectivity index (χ1v) is 7.22. The second-order valence-corrected chi connectivity index (χ2v) is 5.55. The normalized spacial score (nSPS) is 16.6. The van der Waals surface area contributed by atoms with Crippen molar-refractivity contribution in [2.75, 3.05) is 11.9 Å². The average Bonchev–Trinajstić information content (AvgIpc) is 2.50. The fourth-order valence-corrected chi connectivity index (χ4v) is 2.52. The zero-order chi connectivity index (χ0) is 14.8. The number of benzene rings is 2. The van der Waals surface area contributed by atoms with Gasteiger partial charge in [0.2, 0.25) is 0 Å². The fourth-order valence-electron chi connectivity index (χ4n) is 2.52. The Morgan fingerprint density at radius 3 is 2.81 bits per heavy atom. The van der Waals surface area contributed by atoms with Crippen molar-refractivity contribution >= 4 is 11.5 Å². The van der Waals surface area contributed by atoms with Crippen LogP contribution in [-0.4, -0.2) is 18.4 Å². The molecule has 0 aliphatic carbocycles. The smallest absolute Gasteiger partial charge is 0.179 e. The average molecular weight is 281 g/mol. The number of rotatable bonds is 3. The molecule has 1 unspecified atom stereocenters. The van der Waals surface area contributed by atoms with Gasteiger partial charge in [-0.15, -0.1) is 0 Å². The number of Topliss-reactive ketones (excluding diaryl/α,β-unsaturated/α-hetero) is 1. The van der Waals surface area contributed by atoms with Gasteiger partial charge in [-0.2, -0.15) is 0 Å². The van der Waals surface area contributed by atoms with Gasteiger partial charge in [0.05, 0.1) is 12.2 Å². The third-order valence-corrected chi connectivity index (χ3v) is 3.94. The van der Waals surface area contributed by atoms with Gasteiger partial charge in [0.15, 0.2) is 11.9 Å². The first-order valence-electron chi connectivity index (χ1n) is 7.22. The van der Waals surface area contributed by atoms with Crippen LogP contribution in [0.5, 0.6) is 5.75 Å². The molecule has 0 aromatic heterocycles. The standard InChI is InChI=1S/C18H19NO2/c1-12-7-8-14(9-13(12)2)10-16(20)18-11-19-15-5-3-4-6-17(15)21-18/h3-9,18-19H,10-11H2,1-2H3. The molecule has 1 aliphatic rings. The van der Waals surface area contributed by atoms with Crippen molar-refractivity contribution in [3.63, 3.8) is 0 Å². The van der Waals surface area contributed by atoms with Crippen LogP contribution >= 0.6 is 0 Å². The molecule has 0 bridgehead atoms. The number of hydrogen-bond donors (Lipinski definition) is 1. The minimum Gasteiger partial charge on any atom is -0.479 e. The molecule has 1 heterocycles. The van der Waals surface area contributed by atoms with E-state index in [1.165, 1.54) is 11.1 Å². The summed E-state index contributed by atoms with van der Waals surface area (Å²) in [5.41, 5.74) is 4.46. The van der Waals surface area contributed by atoms with Gasteiger partial charge in [-0.1, -0.05) is 30.3 Å². The highest BCUT2D eigenvalue weighted by Crippen LogP contribution is 2.28. The van der Waals surface area contributed by atoms with Crippen molar-refractivity contribution in [1.82, 2.24) is 0 Å². The molecule has 3 nitrogen and oxygen atoms in total. The molecule has 1 atom stereocenters. The fraction of sp³-hybridized carbons (Fsp3) is 0.278. The number of hydrogen-bond acceptors (Lipinski definition) is 3. The van der Waals surface area contributed by atoms with Crippen LogP contribution in [0.4, 0.5) is 5.69 Å². The summed E-state index contributed by atoms with van der Waals surface area (Å²) in [5.74, 6) is 0.863. The molecule has 0 fully saturated rings. The molecule has 108 valence electrons. The predicted octanol–water partition coefficient (Wildman–Crippen LogP) is 3.29. The second kappa shape index (κ2) is 5.60. The maximum absolute atomic E-state index is 12.4. The summed E-state index contributed by atoms with van der Waals surface area (Å²) in [6, 6.07) is 13.9. The number of ketones is 1. The van der Waals surface area contributed by atoms with Gasteiger partial charge < -0.3 is 10.1 Å². The Bertz CT molecular complexity index is 679. The van der Waals surface area contributed by atoms with E-state index in [0.29, 0.717) is 13.0 Å². The summed E-state index contributed by atoms with van der Waals surface area (Å²) in [7, 11) is 0. The summed E-state index contributed by atoms with van der Waals surface area (Å²) in [6.07, 6.45) is -0.00293. The molecule has 1 aliphatic heterocycles. The van der Waals surface area contributed by atoms with Crippen molar-refractivity contribution in [2.45, 2.75) is 26.4 Å². The Balaban J connectivity index is 1.70. The Morgan fingerprint density at radius 2 is 2.00 bits per heavy atom. The summed E-state index contributed by atoms with van der Waals surface area (Å²) in [4.78, 5) is 12.4. The highest BCUT2D eigenvalue weighted by Gasteiger charge is 2.25. The second-order valence-electron chi connectivity index (χ2n) is 5.55. The molecule has 0 amide bonds. The van der Waals surface area contributed by atoms with E-state index < -0.39 is 6.10 Å². The van der Waals surface area contributed by atoms with E-state index in [2.05, 4.69) is 31.3 Å². The molecular weight excluding hydrogens is 262 g/mol. The Kier molecular flexibility index (Phi) is 3.65. The first kappa shape index (κ1) is 13.7. The van der Waals surface area contributed by atoms with Crippen LogP contribution in [0, 0.1) is 13.8 Å². The molecule has 0 spiro atoms. The number of nitrogens with one attached hydrogen (secondary N) is 1. The zero-order valence-corrected chi connectivity index (χ0v) is 12.3. The lowest BCUT2D eigenvalue weighted by Gasteiger charge is -2.26. The van der Waals surface area contributed by atoms with Gasteiger partial charge in [-0.3, -0.25) is 4.79 Å². The SMILES string of the molecule is Cc1ccc(CC(=O)C2CNc3ccccc3O2)cc1C. The van der Waals surface area contributed by atoms with Crippen molar-refractivity contribution in [1.29, 1.82) is 0 Å². The van der Waals surface area contributed by atoms with Gasteiger partial charge in [-0.25, -0.2) is 0 Å². The maximum atomic E-state index is 12.4. The number of para-hydroxylation sites is 2. The zero-order valence-electron chi connectivity index (χ0n) is 12.3. The lowest BCUT2D eigenvalue weighted by molar-refractivity contribution is -0.124. The minimum absolute atomic E-state index is 0.111. The van der Waals surface area contributed by atoms with E-state index in [0.717, 1.165) is 17.0 Å². The van der Waals surface area contributed by atoms with E-state index in [1.807, 2.05) is 30.3 Å². The summed E-state index contributed by atoms with van der Waals surface area (Å²) < 4.78 is 5.81. The van der Waals surface area contributed by atoms with Crippen LogP contribution in [0.25, 0.3) is 0 Å². The van der Waals surface area contributed by atoms with E-state index in [1.54, 1.807) is 0 Å². The summed E-state index contributed by atoms with van der Waals surface area (Å²) in [5, 5.41) is 3.25. The van der Waals surface area contributed by atoms with Crippen LogP contribution in [0.1, 0.15) is 16.7 Å². The topological polar surface area (TPSA) is 38.3 Å². The van der Waals surface area contributed by atoms with Crippen LogP contribution in [0.3, 0.4) is 0 Å². The monoisotopic (exact) mass is 281 g/mol. The quantitative estimate of drug-likeness (QED) is 0.938. The van der Waals surface area contributed by atoms with Gasteiger partial charge in [0.1, 0.15) is 5.75 Å². The van der Waals surface area contributed by atoms with Gasteiger partial charge in [0.25, 0.3) is 0 Å². The Hall–Kier alpha value is -2.29. The van der Waals surface area contributed by atoms with E-state index in [4.69, 9.17) is 4.74 Å². The number of carbonyl (C=O) groups excluding carboxylic acids is 1. The Morgan fingerprint density at radius 1 is 1.19 bits per heavy atom. The van der Waals surface area contributed by atoms with E-state index >= 15 is 0 Å². The third-order valence-electron chi connectivity index (χ3n) is 3.94. The molecule has 3 heteroatoms. The van der Waals surface area contributed by atoms with Crippen LogP contribution in [-0.2, 0) is 11.2 Å². The molecular formula is C18H19NO2.